The van der Waals surface area contributed by atoms with Gasteiger partial charge in [-0.25, -0.2) is 0 Å². The summed E-state index contributed by atoms with van der Waals surface area (Å²) in [4.78, 5) is 0. The van der Waals surface area contributed by atoms with Gasteiger partial charge in [0.25, 0.3) is 0 Å². The number of rotatable bonds is 6. The molecule has 0 radical (unpaired) electrons. The molecule has 1 unspecified atom stereocenters. The highest BCUT2D eigenvalue weighted by Gasteiger charge is 2.02. The van der Waals surface area contributed by atoms with Crippen molar-refractivity contribution in [1.82, 2.24) is 5.32 Å². The van der Waals surface area contributed by atoms with Gasteiger partial charge in [-0.3, -0.25) is 0 Å². The molecule has 1 aromatic carbocycles. The minimum absolute atomic E-state index is 0.568. The molecule has 2 nitrogen and oxygen atoms in total. The van der Waals surface area contributed by atoms with Gasteiger partial charge >= 0.3 is 0 Å². The SMILES string of the molecule is CCC(CCOc1ccccc1)NC. The molecule has 0 heterocycles. The second-order valence-electron chi connectivity index (χ2n) is 3.34. The zero-order valence-electron chi connectivity index (χ0n) is 8.99. The Bertz CT molecular complexity index is 231. The van der Waals surface area contributed by atoms with Gasteiger partial charge in [-0.1, -0.05) is 25.1 Å². The molecule has 0 aliphatic heterocycles. The van der Waals surface area contributed by atoms with Gasteiger partial charge in [0.05, 0.1) is 6.61 Å². The maximum Gasteiger partial charge on any atom is 0.119 e. The van der Waals surface area contributed by atoms with E-state index in [0.29, 0.717) is 6.04 Å². The van der Waals surface area contributed by atoms with Crippen molar-refractivity contribution < 1.29 is 4.74 Å². The Morgan fingerprint density at radius 3 is 2.57 bits per heavy atom. The van der Waals surface area contributed by atoms with Gasteiger partial charge in [-0.15, -0.1) is 0 Å². The number of ether oxygens (including phenoxy) is 1. The van der Waals surface area contributed by atoms with Crippen molar-refractivity contribution in [2.75, 3.05) is 13.7 Å². The number of benzene rings is 1. The third-order valence-corrected chi connectivity index (χ3v) is 2.38. The van der Waals surface area contributed by atoms with Gasteiger partial charge in [-0.2, -0.15) is 0 Å². The summed E-state index contributed by atoms with van der Waals surface area (Å²) < 4.78 is 5.60. The highest BCUT2D eigenvalue weighted by molar-refractivity contribution is 5.20. The van der Waals surface area contributed by atoms with Gasteiger partial charge in [-0.05, 0) is 32.0 Å². The van der Waals surface area contributed by atoms with E-state index in [1.165, 1.54) is 0 Å². The lowest BCUT2D eigenvalue weighted by molar-refractivity contribution is 0.287. The van der Waals surface area contributed by atoms with Crippen LogP contribution < -0.4 is 10.1 Å². The molecule has 14 heavy (non-hydrogen) atoms. The summed E-state index contributed by atoms with van der Waals surface area (Å²) in [5.74, 6) is 0.957. The standard InChI is InChI=1S/C12H19NO/c1-3-11(13-2)9-10-14-12-7-5-4-6-8-12/h4-8,11,13H,3,9-10H2,1-2H3. The van der Waals surface area contributed by atoms with Gasteiger partial charge in [0, 0.05) is 6.04 Å². The largest absolute Gasteiger partial charge is 0.494 e. The molecule has 0 amide bonds. The molecule has 0 saturated heterocycles. The van der Waals surface area contributed by atoms with Crippen molar-refractivity contribution in [3.63, 3.8) is 0 Å². The van der Waals surface area contributed by atoms with Crippen molar-refractivity contribution in [1.29, 1.82) is 0 Å². The number of para-hydroxylation sites is 1. The molecule has 0 saturated carbocycles. The lowest BCUT2D eigenvalue weighted by atomic mass is 10.2. The van der Waals surface area contributed by atoms with E-state index in [0.717, 1.165) is 25.2 Å². The van der Waals surface area contributed by atoms with Gasteiger partial charge in [0.15, 0.2) is 0 Å². The minimum atomic E-state index is 0.568. The second-order valence-corrected chi connectivity index (χ2v) is 3.34. The summed E-state index contributed by atoms with van der Waals surface area (Å²) in [6.07, 6.45) is 2.20. The Morgan fingerprint density at radius 2 is 2.00 bits per heavy atom. The molecule has 1 aromatic rings. The lowest BCUT2D eigenvalue weighted by Crippen LogP contribution is -2.26. The average Bonchev–Trinajstić information content (AvgIpc) is 2.26. The molecular formula is C12H19NO. The molecule has 78 valence electrons. The summed E-state index contributed by atoms with van der Waals surface area (Å²) in [5, 5.41) is 3.26. The van der Waals surface area contributed by atoms with E-state index >= 15 is 0 Å². The molecule has 0 aromatic heterocycles. The number of hydrogen-bond acceptors (Lipinski definition) is 2. The highest BCUT2D eigenvalue weighted by Crippen LogP contribution is 2.09. The van der Waals surface area contributed by atoms with E-state index in [2.05, 4.69) is 12.2 Å². The topological polar surface area (TPSA) is 21.3 Å². The van der Waals surface area contributed by atoms with Crippen molar-refractivity contribution >= 4 is 0 Å². The predicted molar refractivity (Wildman–Crippen MR) is 59.7 cm³/mol. The summed E-state index contributed by atoms with van der Waals surface area (Å²) in [5.41, 5.74) is 0. The number of hydrogen-bond donors (Lipinski definition) is 1. The fourth-order valence-corrected chi connectivity index (χ4v) is 1.39. The molecule has 0 fully saturated rings. The van der Waals surface area contributed by atoms with Crippen LogP contribution in [0.4, 0.5) is 0 Å². The van der Waals surface area contributed by atoms with Crippen LogP contribution in [-0.2, 0) is 0 Å². The summed E-state index contributed by atoms with van der Waals surface area (Å²) in [6, 6.07) is 10.5. The third kappa shape index (κ3) is 3.79. The monoisotopic (exact) mass is 193 g/mol. The van der Waals surface area contributed by atoms with Crippen LogP contribution in [0.3, 0.4) is 0 Å². The Labute approximate surface area is 86.3 Å². The van der Waals surface area contributed by atoms with E-state index in [4.69, 9.17) is 4.74 Å². The Kier molecular flexibility index (Phi) is 5.08. The molecule has 1 N–H and O–H groups in total. The van der Waals surface area contributed by atoms with Crippen LogP contribution in [-0.4, -0.2) is 19.7 Å². The molecule has 0 aliphatic carbocycles. The summed E-state index contributed by atoms with van der Waals surface area (Å²) >= 11 is 0. The molecule has 0 spiro atoms. The van der Waals surface area contributed by atoms with E-state index in [1.807, 2.05) is 37.4 Å². The van der Waals surface area contributed by atoms with Crippen molar-refractivity contribution in [2.45, 2.75) is 25.8 Å². The highest BCUT2D eigenvalue weighted by atomic mass is 16.5. The fourth-order valence-electron chi connectivity index (χ4n) is 1.39. The molecular weight excluding hydrogens is 174 g/mol. The minimum Gasteiger partial charge on any atom is -0.494 e. The van der Waals surface area contributed by atoms with Crippen molar-refractivity contribution in [3.8, 4) is 5.75 Å². The molecule has 0 aliphatic rings. The van der Waals surface area contributed by atoms with E-state index in [-0.39, 0.29) is 0 Å². The number of nitrogens with one attached hydrogen (secondary N) is 1. The Hall–Kier alpha value is -1.02. The first-order valence-corrected chi connectivity index (χ1v) is 5.22. The Balaban J connectivity index is 2.21. The first-order chi connectivity index (χ1) is 6.86. The fraction of sp³-hybridized carbons (Fsp3) is 0.500. The molecule has 0 bridgehead atoms. The van der Waals surface area contributed by atoms with E-state index in [9.17, 15) is 0 Å². The molecule has 1 atom stereocenters. The van der Waals surface area contributed by atoms with Crippen molar-refractivity contribution in [2.24, 2.45) is 0 Å². The van der Waals surface area contributed by atoms with Crippen LogP contribution >= 0.6 is 0 Å². The normalized spacial score (nSPS) is 12.4. The maximum atomic E-state index is 5.60. The van der Waals surface area contributed by atoms with Gasteiger partial charge < -0.3 is 10.1 Å². The Morgan fingerprint density at radius 1 is 1.29 bits per heavy atom. The van der Waals surface area contributed by atoms with Crippen LogP contribution in [0.25, 0.3) is 0 Å². The van der Waals surface area contributed by atoms with Crippen LogP contribution in [0.5, 0.6) is 5.75 Å². The van der Waals surface area contributed by atoms with E-state index < -0.39 is 0 Å². The average molecular weight is 193 g/mol. The van der Waals surface area contributed by atoms with Crippen molar-refractivity contribution in [3.05, 3.63) is 30.3 Å². The van der Waals surface area contributed by atoms with Crippen LogP contribution in [0.15, 0.2) is 30.3 Å². The first-order valence-electron chi connectivity index (χ1n) is 5.22. The predicted octanol–water partition coefficient (Wildman–Crippen LogP) is 2.45. The summed E-state index contributed by atoms with van der Waals surface area (Å²) in [6.45, 7) is 2.97. The molecule has 1 rings (SSSR count). The second kappa shape index (κ2) is 6.44. The zero-order chi connectivity index (χ0) is 10.2. The van der Waals surface area contributed by atoms with Crippen LogP contribution in [0.2, 0.25) is 0 Å². The summed E-state index contributed by atoms with van der Waals surface area (Å²) in [7, 11) is 2.00. The quantitative estimate of drug-likeness (QED) is 0.749. The van der Waals surface area contributed by atoms with Crippen LogP contribution in [0, 0.1) is 0 Å². The smallest absolute Gasteiger partial charge is 0.119 e. The molecule has 2 heteroatoms. The maximum absolute atomic E-state index is 5.60. The first kappa shape index (κ1) is 11.1. The van der Waals surface area contributed by atoms with Crippen LogP contribution in [0.1, 0.15) is 19.8 Å². The lowest BCUT2D eigenvalue weighted by Gasteiger charge is -2.13. The van der Waals surface area contributed by atoms with Gasteiger partial charge in [0.1, 0.15) is 5.75 Å². The zero-order valence-corrected chi connectivity index (χ0v) is 8.99. The third-order valence-electron chi connectivity index (χ3n) is 2.38. The van der Waals surface area contributed by atoms with Gasteiger partial charge in [0.2, 0.25) is 0 Å². The van der Waals surface area contributed by atoms with E-state index in [1.54, 1.807) is 0 Å².